The summed E-state index contributed by atoms with van der Waals surface area (Å²) in [4.78, 5) is 19.6. The lowest BCUT2D eigenvalue weighted by Gasteiger charge is -2.11. The van der Waals surface area contributed by atoms with Gasteiger partial charge < -0.3 is 14.5 Å². The standard InChI is InChI=1S/C16H16F3N5O/c17-16(18,19)15-22-12-4-1-2-5-13(12)24(15)10-14(25)21-6-3-8-23-9-7-20-11-23/h1-2,4-5,7,9,11H,3,6,8,10H2,(H,21,25). The van der Waals surface area contributed by atoms with Crippen LogP contribution in [-0.4, -0.2) is 31.6 Å². The molecule has 0 unspecified atom stereocenters. The Morgan fingerprint density at radius 1 is 1.24 bits per heavy atom. The van der Waals surface area contributed by atoms with Crippen LogP contribution in [-0.2, 0) is 24.1 Å². The van der Waals surface area contributed by atoms with E-state index < -0.39 is 24.5 Å². The van der Waals surface area contributed by atoms with Crippen LogP contribution in [0.5, 0.6) is 0 Å². The highest BCUT2D eigenvalue weighted by Gasteiger charge is 2.37. The number of hydrogen-bond acceptors (Lipinski definition) is 3. The van der Waals surface area contributed by atoms with E-state index in [0.717, 1.165) is 4.57 Å². The highest BCUT2D eigenvalue weighted by Crippen LogP contribution is 2.31. The number of benzene rings is 1. The normalized spacial score (nSPS) is 11.8. The second kappa shape index (κ2) is 6.96. The Kier molecular flexibility index (Phi) is 4.73. The van der Waals surface area contributed by atoms with Gasteiger partial charge in [0.15, 0.2) is 0 Å². The van der Waals surface area contributed by atoms with Crippen LogP contribution in [0.3, 0.4) is 0 Å². The summed E-state index contributed by atoms with van der Waals surface area (Å²) in [5.74, 6) is -1.55. The van der Waals surface area contributed by atoms with Crippen LogP contribution in [0.25, 0.3) is 11.0 Å². The quantitative estimate of drug-likeness (QED) is 0.694. The number of nitrogens with one attached hydrogen (secondary N) is 1. The number of rotatable bonds is 6. The van der Waals surface area contributed by atoms with Crippen LogP contribution in [0.4, 0.5) is 13.2 Å². The summed E-state index contributed by atoms with van der Waals surface area (Å²) in [6.07, 6.45) is 1.14. The van der Waals surface area contributed by atoms with Gasteiger partial charge in [-0.1, -0.05) is 12.1 Å². The van der Waals surface area contributed by atoms with Gasteiger partial charge in [-0.05, 0) is 18.6 Å². The maximum atomic E-state index is 13.2. The van der Waals surface area contributed by atoms with Crippen LogP contribution < -0.4 is 5.32 Å². The number of aromatic nitrogens is 4. The largest absolute Gasteiger partial charge is 0.449 e. The number of fused-ring (bicyclic) bond motifs is 1. The van der Waals surface area contributed by atoms with Gasteiger partial charge in [-0.15, -0.1) is 0 Å². The molecule has 1 N–H and O–H groups in total. The van der Waals surface area contributed by atoms with E-state index in [-0.39, 0.29) is 11.0 Å². The van der Waals surface area contributed by atoms with Crippen molar-refractivity contribution in [3.63, 3.8) is 0 Å². The first kappa shape index (κ1) is 17.0. The van der Waals surface area contributed by atoms with Gasteiger partial charge >= 0.3 is 6.18 Å². The molecule has 0 saturated carbocycles. The molecule has 0 fully saturated rings. The highest BCUT2D eigenvalue weighted by molar-refractivity contribution is 5.81. The lowest BCUT2D eigenvalue weighted by atomic mass is 10.3. The molecule has 0 aliphatic rings. The van der Waals surface area contributed by atoms with E-state index in [1.54, 1.807) is 30.9 Å². The van der Waals surface area contributed by atoms with Crippen LogP contribution in [0.15, 0.2) is 43.0 Å². The maximum absolute atomic E-state index is 13.2. The van der Waals surface area contributed by atoms with Gasteiger partial charge in [0.05, 0.1) is 17.4 Å². The number of carbonyl (C=O) groups is 1. The molecule has 0 saturated heterocycles. The average molecular weight is 351 g/mol. The third-order valence-corrected chi connectivity index (χ3v) is 3.68. The molecule has 25 heavy (non-hydrogen) atoms. The van der Waals surface area contributed by atoms with Crippen molar-refractivity contribution in [3.05, 3.63) is 48.8 Å². The van der Waals surface area contributed by atoms with Crippen molar-refractivity contribution in [2.75, 3.05) is 6.54 Å². The Labute approximate surface area is 141 Å². The molecule has 1 aromatic carbocycles. The number of halogens is 3. The number of alkyl halides is 3. The van der Waals surface area contributed by atoms with Crippen LogP contribution in [0, 0.1) is 0 Å². The highest BCUT2D eigenvalue weighted by atomic mass is 19.4. The molecular formula is C16H16F3N5O. The molecule has 6 nitrogen and oxygen atoms in total. The van der Waals surface area contributed by atoms with E-state index in [4.69, 9.17) is 0 Å². The van der Waals surface area contributed by atoms with Crippen molar-refractivity contribution in [2.24, 2.45) is 0 Å². The molecule has 3 aromatic rings. The van der Waals surface area contributed by atoms with Crippen LogP contribution >= 0.6 is 0 Å². The summed E-state index contributed by atoms with van der Waals surface area (Å²) in [6.45, 7) is 0.605. The first-order valence-corrected chi connectivity index (χ1v) is 7.70. The molecule has 2 aromatic heterocycles. The SMILES string of the molecule is O=C(Cn1c(C(F)(F)F)nc2ccccc21)NCCCn1ccnc1. The fourth-order valence-corrected chi connectivity index (χ4v) is 2.56. The van der Waals surface area contributed by atoms with Gasteiger partial charge in [0, 0.05) is 25.5 Å². The second-order valence-electron chi connectivity index (χ2n) is 5.51. The number of hydrogen-bond donors (Lipinski definition) is 1. The second-order valence-corrected chi connectivity index (χ2v) is 5.51. The summed E-state index contributed by atoms with van der Waals surface area (Å²) in [6, 6.07) is 6.23. The average Bonchev–Trinajstić information content (AvgIpc) is 3.19. The number of imidazole rings is 2. The van der Waals surface area contributed by atoms with E-state index in [1.165, 1.54) is 12.1 Å². The Bertz CT molecular complexity index is 854. The van der Waals surface area contributed by atoms with E-state index in [0.29, 0.717) is 19.5 Å². The van der Waals surface area contributed by atoms with Gasteiger partial charge in [0.25, 0.3) is 0 Å². The molecular weight excluding hydrogens is 335 g/mol. The lowest BCUT2D eigenvalue weighted by Crippen LogP contribution is -2.30. The minimum Gasteiger partial charge on any atom is -0.354 e. The Morgan fingerprint density at radius 2 is 2.04 bits per heavy atom. The minimum absolute atomic E-state index is 0.211. The van der Waals surface area contributed by atoms with Gasteiger partial charge in [-0.25, -0.2) is 9.97 Å². The number of para-hydroxylation sites is 2. The van der Waals surface area contributed by atoms with Crippen molar-refractivity contribution in [3.8, 4) is 0 Å². The van der Waals surface area contributed by atoms with Gasteiger partial charge in [-0.3, -0.25) is 4.79 Å². The molecule has 0 atom stereocenters. The number of carbonyl (C=O) groups excluding carboxylic acids is 1. The van der Waals surface area contributed by atoms with Gasteiger partial charge in [0.1, 0.15) is 6.54 Å². The lowest BCUT2D eigenvalue weighted by molar-refractivity contribution is -0.147. The van der Waals surface area contributed by atoms with E-state index >= 15 is 0 Å². The fourth-order valence-electron chi connectivity index (χ4n) is 2.56. The molecule has 0 spiro atoms. The Balaban J connectivity index is 1.66. The first-order chi connectivity index (χ1) is 11.9. The molecule has 1 amide bonds. The maximum Gasteiger partial charge on any atom is 0.449 e. The number of nitrogens with zero attached hydrogens (tertiary/aromatic N) is 4. The van der Waals surface area contributed by atoms with Crippen molar-refractivity contribution < 1.29 is 18.0 Å². The van der Waals surface area contributed by atoms with Crippen LogP contribution in [0.1, 0.15) is 12.2 Å². The molecule has 0 aliphatic carbocycles. The van der Waals surface area contributed by atoms with E-state index in [9.17, 15) is 18.0 Å². The summed E-state index contributed by atoms with van der Waals surface area (Å²) in [7, 11) is 0. The molecule has 2 heterocycles. The summed E-state index contributed by atoms with van der Waals surface area (Å²) in [5, 5.41) is 2.64. The van der Waals surface area contributed by atoms with Crippen LogP contribution in [0.2, 0.25) is 0 Å². The Morgan fingerprint density at radius 3 is 2.76 bits per heavy atom. The minimum atomic E-state index is -4.62. The fraction of sp³-hybridized carbons (Fsp3) is 0.312. The predicted molar refractivity (Wildman–Crippen MR) is 84.6 cm³/mol. The summed E-state index contributed by atoms with van der Waals surface area (Å²) in [5.41, 5.74) is 0.492. The third kappa shape index (κ3) is 3.98. The van der Waals surface area contributed by atoms with Crippen molar-refractivity contribution >= 4 is 16.9 Å². The van der Waals surface area contributed by atoms with Gasteiger partial charge in [0.2, 0.25) is 11.7 Å². The Hall–Kier alpha value is -2.84. The zero-order valence-corrected chi connectivity index (χ0v) is 13.2. The van der Waals surface area contributed by atoms with Crippen molar-refractivity contribution in [2.45, 2.75) is 25.7 Å². The molecule has 3 rings (SSSR count). The molecule has 0 aliphatic heterocycles. The van der Waals surface area contributed by atoms with Crippen molar-refractivity contribution in [1.82, 2.24) is 24.4 Å². The molecule has 9 heteroatoms. The van der Waals surface area contributed by atoms with Crippen molar-refractivity contribution in [1.29, 1.82) is 0 Å². The van der Waals surface area contributed by atoms with E-state index in [2.05, 4.69) is 15.3 Å². The summed E-state index contributed by atoms with van der Waals surface area (Å²) >= 11 is 0. The number of aryl methyl sites for hydroxylation is 1. The summed E-state index contributed by atoms with van der Waals surface area (Å²) < 4.78 is 42.3. The monoisotopic (exact) mass is 351 g/mol. The third-order valence-electron chi connectivity index (χ3n) is 3.68. The smallest absolute Gasteiger partial charge is 0.354 e. The molecule has 0 radical (unpaired) electrons. The zero-order valence-electron chi connectivity index (χ0n) is 13.2. The number of amides is 1. The zero-order chi connectivity index (χ0) is 17.9. The predicted octanol–water partition coefficient (Wildman–Crippen LogP) is 2.46. The topological polar surface area (TPSA) is 64.7 Å². The first-order valence-electron chi connectivity index (χ1n) is 7.70. The molecule has 0 bridgehead atoms. The molecule has 132 valence electrons. The van der Waals surface area contributed by atoms with Gasteiger partial charge in [-0.2, -0.15) is 13.2 Å². The van der Waals surface area contributed by atoms with E-state index in [1.807, 2.05) is 4.57 Å².